The minimum Gasteiger partial charge on any atom is -0.389 e. The zero-order valence-corrected chi connectivity index (χ0v) is 10.3. The first kappa shape index (κ1) is 11.4. The number of nitrogens with zero attached hydrogens (tertiary/aromatic N) is 1. The van der Waals surface area contributed by atoms with Crippen LogP contribution < -0.4 is 0 Å². The van der Waals surface area contributed by atoms with Crippen molar-refractivity contribution in [3.05, 3.63) is 40.0 Å². The molecular weight excluding hydrogens is 222 g/mol. The Bertz CT molecular complexity index is 549. The number of benzene rings is 1. The number of aryl methyl sites for hydroxylation is 2. The maximum atomic E-state index is 9.74. The molecule has 1 N–H and O–H groups in total. The molecule has 0 spiro atoms. The van der Waals surface area contributed by atoms with E-state index in [0.717, 1.165) is 27.7 Å². The number of halogens is 1. The molecule has 0 amide bonds. The summed E-state index contributed by atoms with van der Waals surface area (Å²) in [7, 11) is 0. The maximum Gasteiger partial charge on any atom is 0.0783 e. The van der Waals surface area contributed by atoms with E-state index in [4.69, 9.17) is 11.6 Å². The number of hydrogen-bond acceptors (Lipinski definition) is 2. The van der Waals surface area contributed by atoms with Crippen LogP contribution in [0.3, 0.4) is 0 Å². The fraction of sp³-hybridized carbons (Fsp3) is 0.308. The summed E-state index contributed by atoms with van der Waals surface area (Å²) >= 11 is 6.19. The summed E-state index contributed by atoms with van der Waals surface area (Å²) in [6, 6.07) is 5.79. The molecule has 1 heterocycles. The van der Waals surface area contributed by atoms with Crippen molar-refractivity contribution in [1.82, 2.24) is 4.98 Å². The number of rotatable bonds is 1. The molecule has 1 atom stereocenters. The van der Waals surface area contributed by atoms with Crippen molar-refractivity contribution in [2.75, 3.05) is 0 Å². The zero-order valence-electron chi connectivity index (χ0n) is 9.58. The van der Waals surface area contributed by atoms with Crippen LogP contribution in [0.1, 0.15) is 29.8 Å². The average molecular weight is 236 g/mol. The van der Waals surface area contributed by atoms with Crippen LogP contribution in [0.2, 0.25) is 5.02 Å². The summed E-state index contributed by atoms with van der Waals surface area (Å²) < 4.78 is 0. The van der Waals surface area contributed by atoms with Crippen LogP contribution in [-0.2, 0) is 0 Å². The molecule has 1 aromatic heterocycles. The standard InChI is InChI=1S/C13H14ClNO/c1-7-4-10(9(3)16)13-11(5-7)12(14)6-8(2)15-13/h4-6,9,16H,1-3H3. The molecule has 0 aliphatic heterocycles. The number of hydrogen-bond donors (Lipinski definition) is 1. The first-order chi connectivity index (χ1) is 7.49. The average Bonchev–Trinajstić information content (AvgIpc) is 2.18. The van der Waals surface area contributed by atoms with Crippen LogP contribution in [0.4, 0.5) is 0 Å². The molecule has 0 radical (unpaired) electrons. The lowest BCUT2D eigenvalue weighted by atomic mass is 10.0. The van der Waals surface area contributed by atoms with Gasteiger partial charge in [-0.15, -0.1) is 0 Å². The van der Waals surface area contributed by atoms with E-state index in [9.17, 15) is 5.11 Å². The van der Waals surface area contributed by atoms with E-state index in [2.05, 4.69) is 4.98 Å². The van der Waals surface area contributed by atoms with Gasteiger partial charge in [-0.2, -0.15) is 0 Å². The van der Waals surface area contributed by atoms with Crippen molar-refractivity contribution in [1.29, 1.82) is 0 Å². The second-order valence-corrected chi connectivity index (χ2v) is 4.58. The topological polar surface area (TPSA) is 33.1 Å². The van der Waals surface area contributed by atoms with Crippen LogP contribution in [0.25, 0.3) is 10.9 Å². The van der Waals surface area contributed by atoms with Crippen molar-refractivity contribution in [2.45, 2.75) is 26.9 Å². The molecule has 1 unspecified atom stereocenters. The van der Waals surface area contributed by atoms with Gasteiger partial charge in [-0.1, -0.05) is 17.7 Å². The summed E-state index contributed by atoms with van der Waals surface area (Å²) in [5, 5.41) is 11.3. The van der Waals surface area contributed by atoms with Crippen molar-refractivity contribution >= 4 is 22.5 Å². The van der Waals surface area contributed by atoms with Crippen LogP contribution in [-0.4, -0.2) is 10.1 Å². The Morgan fingerprint density at radius 1 is 1.25 bits per heavy atom. The summed E-state index contributed by atoms with van der Waals surface area (Å²) in [4.78, 5) is 4.45. The lowest BCUT2D eigenvalue weighted by Gasteiger charge is -2.11. The van der Waals surface area contributed by atoms with Crippen LogP contribution in [0, 0.1) is 13.8 Å². The van der Waals surface area contributed by atoms with Gasteiger partial charge in [0.2, 0.25) is 0 Å². The zero-order chi connectivity index (χ0) is 11.9. The van der Waals surface area contributed by atoms with Gasteiger partial charge in [-0.05, 0) is 38.5 Å². The summed E-state index contributed by atoms with van der Waals surface area (Å²) in [6.45, 7) is 5.63. The van der Waals surface area contributed by atoms with Crippen molar-refractivity contribution in [3.63, 3.8) is 0 Å². The van der Waals surface area contributed by atoms with E-state index < -0.39 is 6.10 Å². The SMILES string of the molecule is Cc1cc(C(C)O)c2nc(C)cc(Cl)c2c1. The van der Waals surface area contributed by atoms with Gasteiger partial charge in [0.15, 0.2) is 0 Å². The molecule has 84 valence electrons. The third-order valence-corrected chi connectivity index (χ3v) is 2.93. The highest BCUT2D eigenvalue weighted by atomic mass is 35.5. The summed E-state index contributed by atoms with van der Waals surface area (Å²) in [6.07, 6.45) is -0.534. The van der Waals surface area contributed by atoms with Crippen molar-refractivity contribution in [3.8, 4) is 0 Å². The fourth-order valence-corrected chi connectivity index (χ4v) is 2.20. The van der Waals surface area contributed by atoms with Gasteiger partial charge in [0.05, 0.1) is 16.6 Å². The number of fused-ring (bicyclic) bond motifs is 1. The Balaban J connectivity index is 2.89. The maximum absolute atomic E-state index is 9.74. The first-order valence-electron chi connectivity index (χ1n) is 5.24. The quantitative estimate of drug-likeness (QED) is 0.820. The van der Waals surface area contributed by atoms with Gasteiger partial charge >= 0.3 is 0 Å². The number of aliphatic hydroxyl groups is 1. The molecule has 2 nitrogen and oxygen atoms in total. The molecule has 2 aromatic rings. The predicted molar refractivity (Wildman–Crippen MR) is 66.9 cm³/mol. The van der Waals surface area contributed by atoms with Gasteiger partial charge in [0.1, 0.15) is 0 Å². The van der Waals surface area contributed by atoms with Crippen LogP contribution >= 0.6 is 11.6 Å². The van der Waals surface area contributed by atoms with E-state index in [-0.39, 0.29) is 0 Å². The molecule has 16 heavy (non-hydrogen) atoms. The largest absolute Gasteiger partial charge is 0.389 e. The van der Waals surface area contributed by atoms with Crippen molar-refractivity contribution in [2.24, 2.45) is 0 Å². The smallest absolute Gasteiger partial charge is 0.0783 e. The summed E-state index contributed by atoms with van der Waals surface area (Å²) in [5.41, 5.74) is 3.57. The Morgan fingerprint density at radius 3 is 2.56 bits per heavy atom. The van der Waals surface area contributed by atoms with Crippen LogP contribution in [0.5, 0.6) is 0 Å². The minimum absolute atomic E-state index is 0.534. The second-order valence-electron chi connectivity index (χ2n) is 4.17. The molecule has 2 rings (SSSR count). The summed E-state index contributed by atoms with van der Waals surface area (Å²) in [5.74, 6) is 0. The highest BCUT2D eigenvalue weighted by Gasteiger charge is 2.11. The highest BCUT2D eigenvalue weighted by Crippen LogP contribution is 2.29. The first-order valence-corrected chi connectivity index (χ1v) is 5.62. The van der Waals surface area contributed by atoms with Gasteiger partial charge in [-0.25, -0.2) is 0 Å². The van der Waals surface area contributed by atoms with E-state index in [1.807, 2.05) is 32.0 Å². The normalized spacial score (nSPS) is 13.1. The molecule has 0 aliphatic rings. The third-order valence-electron chi connectivity index (χ3n) is 2.61. The molecule has 3 heteroatoms. The second kappa shape index (κ2) is 4.04. The van der Waals surface area contributed by atoms with Gasteiger partial charge < -0.3 is 5.11 Å². The number of pyridine rings is 1. The molecule has 0 saturated carbocycles. The van der Waals surface area contributed by atoms with Gasteiger partial charge in [0.25, 0.3) is 0 Å². The molecule has 0 fully saturated rings. The fourth-order valence-electron chi connectivity index (χ4n) is 1.90. The number of aliphatic hydroxyl groups excluding tert-OH is 1. The Hall–Kier alpha value is -1.12. The van der Waals surface area contributed by atoms with E-state index in [0.29, 0.717) is 5.02 Å². The Morgan fingerprint density at radius 2 is 1.94 bits per heavy atom. The molecule has 0 aliphatic carbocycles. The molecule has 0 saturated heterocycles. The third kappa shape index (κ3) is 1.91. The van der Waals surface area contributed by atoms with Crippen LogP contribution in [0.15, 0.2) is 18.2 Å². The van der Waals surface area contributed by atoms with Gasteiger partial charge in [-0.3, -0.25) is 4.98 Å². The Labute approximate surface area is 99.9 Å². The van der Waals surface area contributed by atoms with E-state index in [1.54, 1.807) is 6.92 Å². The minimum atomic E-state index is -0.534. The predicted octanol–water partition coefficient (Wildman–Crippen LogP) is 3.56. The molecule has 1 aromatic carbocycles. The lowest BCUT2D eigenvalue weighted by molar-refractivity contribution is 0.200. The Kier molecular flexibility index (Phi) is 2.87. The van der Waals surface area contributed by atoms with E-state index in [1.165, 1.54) is 0 Å². The number of aromatic nitrogens is 1. The molecule has 0 bridgehead atoms. The van der Waals surface area contributed by atoms with Gasteiger partial charge in [0, 0.05) is 16.6 Å². The van der Waals surface area contributed by atoms with Crippen molar-refractivity contribution < 1.29 is 5.11 Å². The molecular formula is C13H14ClNO. The lowest BCUT2D eigenvalue weighted by Crippen LogP contribution is -1.97. The highest BCUT2D eigenvalue weighted by molar-refractivity contribution is 6.35. The van der Waals surface area contributed by atoms with E-state index >= 15 is 0 Å². The monoisotopic (exact) mass is 235 g/mol.